The summed E-state index contributed by atoms with van der Waals surface area (Å²) < 4.78 is 0. The number of nitrogens with two attached hydrogens (primary N) is 1. The highest BCUT2D eigenvalue weighted by molar-refractivity contribution is 5.84. The zero-order valence-corrected chi connectivity index (χ0v) is 8.86. The molecule has 0 amide bonds. The fraction of sp³-hybridized carbons (Fsp3) is 0.250. The molecule has 2 rings (SSSR count). The first kappa shape index (κ1) is 10.7. The van der Waals surface area contributed by atoms with E-state index in [4.69, 9.17) is 10.8 Å². The van der Waals surface area contributed by atoms with Crippen molar-refractivity contribution in [3.63, 3.8) is 0 Å². The van der Waals surface area contributed by atoms with E-state index in [1.54, 1.807) is 18.2 Å². The van der Waals surface area contributed by atoms with Crippen LogP contribution in [0.5, 0.6) is 0 Å². The van der Waals surface area contributed by atoms with E-state index in [1.165, 1.54) is 0 Å². The maximum Gasteiger partial charge on any atom is 0.248 e. The zero-order valence-electron chi connectivity index (χ0n) is 8.86. The molecule has 0 unspecified atom stereocenters. The van der Waals surface area contributed by atoms with Gasteiger partial charge in [-0.25, -0.2) is 0 Å². The van der Waals surface area contributed by atoms with Crippen molar-refractivity contribution in [2.75, 3.05) is 12.3 Å². The van der Waals surface area contributed by atoms with Crippen LogP contribution in [-0.2, 0) is 6.42 Å². The van der Waals surface area contributed by atoms with E-state index < -0.39 is 0 Å². The summed E-state index contributed by atoms with van der Waals surface area (Å²) in [5, 5.41) is 9.76. The lowest BCUT2D eigenvalue weighted by Crippen LogP contribution is -2.07. The van der Waals surface area contributed by atoms with Crippen molar-refractivity contribution >= 4 is 16.6 Å². The molecule has 0 aliphatic carbocycles. The van der Waals surface area contributed by atoms with E-state index in [-0.39, 0.29) is 12.2 Å². The molecule has 0 saturated heterocycles. The van der Waals surface area contributed by atoms with Crippen molar-refractivity contribution in [2.45, 2.75) is 12.8 Å². The minimum absolute atomic E-state index is 0.120. The topological polar surface area (TPSA) is 79.1 Å². The van der Waals surface area contributed by atoms with Gasteiger partial charge in [0.1, 0.15) is 0 Å². The van der Waals surface area contributed by atoms with Gasteiger partial charge in [-0.3, -0.25) is 4.79 Å². The molecule has 0 saturated carbocycles. The number of aromatic amines is 1. The highest BCUT2D eigenvalue weighted by Crippen LogP contribution is 2.19. The Labute approximate surface area is 92.7 Å². The molecule has 16 heavy (non-hydrogen) atoms. The fourth-order valence-electron chi connectivity index (χ4n) is 1.82. The second kappa shape index (κ2) is 4.37. The van der Waals surface area contributed by atoms with E-state index >= 15 is 0 Å². The number of hydrogen-bond acceptors (Lipinski definition) is 3. The number of pyridine rings is 1. The first-order valence-electron chi connectivity index (χ1n) is 5.23. The maximum atomic E-state index is 11.4. The quantitative estimate of drug-likeness (QED) is 0.673. The third kappa shape index (κ3) is 2.06. The minimum atomic E-state index is -0.120. The molecule has 0 aliphatic rings. The molecule has 2 aromatic rings. The summed E-state index contributed by atoms with van der Waals surface area (Å²) >= 11 is 0. The highest BCUT2D eigenvalue weighted by Gasteiger charge is 2.03. The number of aliphatic hydroxyl groups excluding tert-OH is 1. The van der Waals surface area contributed by atoms with Gasteiger partial charge in [0.2, 0.25) is 5.56 Å². The van der Waals surface area contributed by atoms with Crippen LogP contribution in [-0.4, -0.2) is 16.7 Å². The SMILES string of the molecule is Nc1ccc2[nH]c(=O)cc(CCCO)c2c1. The lowest BCUT2D eigenvalue weighted by molar-refractivity contribution is 0.288. The van der Waals surface area contributed by atoms with Gasteiger partial charge in [0, 0.05) is 29.3 Å². The minimum Gasteiger partial charge on any atom is -0.399 e. The van der Waals surface area contributed by atoms with Crippen LogP contribution in [0.3, 0.4) is 0 Å². The zero-order chi connectivity index (χ0) is 11.5. The lowest BCUT2D eigenvalue weighted by Gasteiger charge is -2.06. The fourth-order valence-corrected chi connectivity index (χ4v) is 1.82. The van der Waals surface area contributed by atoms with Crippen LogP contribution < -0.4 is 11.3 Å². The summed E-state index contributed by atoms with van der Waals surface area (Å²) in [5.41, 5.74) is 7.99. The Bertz CT molecular complexity index is 560. The predicted molar refractivity (Wildman–Crippen MR) is 64.4 cm³/mol. The number of rotatable bonds is 3. The van der Waals surface area contributed by atoms with Crippen molar-refractivity contribution in [1.29, 1.82) is 0 Å². The van der Waals surface area contributed by atoms with Gasteiger partial charge < -0.3 is 15.8 Å². The number of benzene rings is 1. The van der Waals surface area contributed by atoms with Gasteiger partial charge in [-0.2, -0.15) is 0 Å². The van der Waals surface area contributed by atoms with Gasteiger partial charge in [0.05, 0.1) is 0 Å². The van der Waals surface area contributed by atoms with Crippen molar-refractivity contribution in [1.82, 2.24) is 4.98 Å². The Morgan fingerprint density at radius 2 is 2.12 bits per heavy atom. The summed E-state index contributed by atoms with van der Waals surface area (Å²) in [4.78, 5) is 14.2. The first-order valence-corrected chi connectivity index (χ1v) is 5.23. The average Bonchev–Trinajstić information content (AvgIpc) is 2.26. The number of H-pyrrole nitrogens is 1. The molecular formula is C12H14N2O2. The van der Waals surface area contributed by atoms with Crippen LogP contribution in [0.15, 0.2) is 29.1 Å². The number of nitrogen functional groups attached to an aromatic ring is 1. The summed E-state index contributed by atoms with van der Waals surface area (Å²) in [6.07, 6.45) is 1.33. The van der Waals surface area contributed by atoms with Gasteiger partial charge in [-0.1, -0.05) is 0 Å². The first-order chi connectivity index (χ1) is 7.70. The van der Waals surface area contributed by atoms with Crippen LogP contribution >= 0.6 is 0 Å². The van der Waals surface area contributed by atoms with E-state index in [9.17, 15) is 4.79 Å². The second-order valence-electron chi connectivity index (χ2n) is 3.79. The van der Waals surface area contributed by atoms with Gasteiger partial charge in [0.25, 0.3) is 0 Å². The number of hydrogen-bond donors (Lipinski definition) is 3. The molecule has 4 nitrogen and oxygen atoms in total. The molecule has 4 N–H and O–H groups in total. The van der Waals surface area contributed by atoms with E-state index in [2.05, 4.69) is 4.98 Å². The predicted octanol–water partition coefficient (Wildman–Crippen LogP) is 1.04. The average molecular weight is 218 g/mol. The molecule has 84 valence electrons. The van der Waals surface area contributed by atoms with Crippen LogP contribution in [0.4, 0.5) is 5.69 Å². The lowest BCUT2D eigenvalue weighted by atomic mass is 10.0. The molecule has 4 heteroatoms. The molecular weight excluding hydrogens is 204 g/mol. The van der Waals surface area contributed by atoms with E-state index in [0.29, 0.717) is 18.5 Å². The van der Waals surface area contributed by atoms with Crippen LogP contribution in [0.25, 0.3) is 10.9 Å². The Kier molecular flexibility index (Phi) is 2.92. The van der Waals surface area contributed by atoms with Crippen molar-refractivity contribution < 1.29 is 5.11 Å². The number of nitrogens with one attached hydrogen (secondary N) is 1. The maximum absolute atomic E-state index is 11.4. The molecule has 0 atom stereocenters. The molecule has 1 aromatic heterocycles. The third-order valence-corrected chi connectivity index (χ3v) is 2.56. The molecule has 1 aromatic carbocycles. The van der Waals surface area contributed by atoms with Gasteiger partial charge in [-0.15, -0.1) is 0 Å². The van der Waals surface area contributed by atoms with Crippen molar-refractivity contribution in [3.05, 3.63) is 40.2 Å². The standard InChI is InChI=1S/C12H14N2O2/c13-9-3-4-11-10(7-9)8(2-1-5-15)6-12(16)14-11/h3-4,6-7,15H,1-2,5,13H2,(H,14,16). The molecule has 0 bridgehead atoms. The number of fused-ring (bicyclic) bond motifs is 1. The van der Waals surface area contributed by atoms with E-state index in [1.807, 2.05) is 6.07 Å². The number of aromatic nitrogens is 1. The highest BCUT2D eigenvalue weighted by atomic mass is 16.2. The number of aliphatic hydroxyl groups is 1. The van der Waals surface area contributed by atoms with Crippen LogP contribution in [0.2, 0.25) is 0 Å². The Morgan fingerprint density at radius 1 is 1.31 bits per heavy atom. The second-order valence-corrected chi connectivity index (χ2v) is 3.79. The van der Waals surface area contributed by atoms with Crippen molar-refractivity contribution in [2.24, 2.45) is 0 Å². The van der Waals surface area contributed by atoms with Gasteiger partial charge in [-0.05, 0) is 36.6 Å². The summed E-state index contributed by atoms with van der Waals surface area (Å²) in [6.45, 7) is 0.122. The Balaban J connectivity index is 2.60. The number of anilines is 1. The monoisotopic (exact) mass is 218 g/mol. The summed E-state index contributed by atoms with van der Waals surface area (Å²) in [5.74, 6) is 0. The Morgan fingerprint density at radius 3 is 2.88 bits per heavy atom. The van der Waals surface area contributed by atoms with Crippen LogP contribution in [0.1, 0.15) is 12.0 Å². The summed E-state index contributed by atoms with van der Waals surface area (Å²) in [7, 11) is 0. The largest absolute Gasteiger partial charge is 0.399 e. The summed E-state index contributed by atoms with van der Waals surface area (Å²) in [6, 6.07) is 6.97. The number of aryl methyl sites for hydroxylation is 1. The molecule has 0 radical (unpaired) electrons. The van der Waals surface area contributed by atoms with Gasteiger partial charge >= 0.3 is 0 Å². The van der Waals surface area contributed by atoms with Crippen LogP contribution in [0, 0.1) is 0 Å². The molecule has 0 fully saturated rings. The normalized spacial score (nSPS) is 10.8. The third-order valence-electron chi connectivity index (χ3n) is 2.56. The van der Waals surface area contributed by atoms with Gasteiger partial charge in [0.15, 0.2) is 0 Å². The molecule has 1 heterocycles. The smallest absolute Gasteiger partial charge is 0.248 e. The molecule has 0 aliphatic heterocycles. The Hall–Kier alpha value is -1.81. The molecule has 0 spiro atoms. The van der Waals surface area contributed by atoms with E-state index in [0.717, 1.165) is 16.5 Å². The van der Waals surface area contributed by atoms with Crippen molar-refractivity contribution in [3.8, 4) is 0 Å².